The molecule has 0 aliphatic heterocycles. The number of nitrogens with zero attached hydrogens (tertiary/aromatic N) is 2. The Balaban J connectivity index is 1.61. The fourth-order valence-electron chi connectivity index (χ4n) is 2.33. The molecule has 0 aliphatic rings. The summed E-state index contributed by atoms with van der Waals surface area (Å²) in [4.78, 5) is 13.2. The highest BCUT2D eigenvalue weighted by molar-refractivity contribution is 7.13. The maximum atomic E-state index is 12.1. The topological polar surface area (TPSA) is 46.9 Å². The summed E-state index contributed by atoms with van der Waals surface area (Å²) < 4.78 is 1.83. The number of carbonyl (C=O) groups is 1. The summed E-state index contributed by atoms with van der Waals surface area (Å²) in [5.74, 6) is -0.0681. The van der Waals surface area contributed by atoms with Gasteiger partial charge < -0.3 is 5.32 Å². The summed E-state index contributed by atoms with van der Waals surface area (Å²) in [6, 6.07) is 13.4. The van der Waals surface area contributed by atoms with Crippen molar-refractivity contribution >= 4 is 28.8 Å². The van der Waals surface area contributed by atoms with Crippen LogP contribution in [0.4, 0.5) is 0 Å². The molecule has 0 saturated heterocycles. The van der Waals surface area contributed by atoms with Gasteiger partial charge in [0.25, 0.3) is 0 Å². The van der Waals surface area contributed by atoms with Gasteiger partial charge in [0.05, 0.1) is 29.2 Å². The first-order chi connectivity index (χ1) is 11.1. The molecule has 23 heavy (non-hydrogen) atoms. The molecule has 0 atom stereocenters. The fourth-order valence-corrected chi connectivity index (χ4v) is 3.31. The average molecular weight is 346 g/mol. The first kappa shape index (κ1) is 15.8. The number of aryl methyl sites for hydroxylation is 1. The number of benzene rings is 1. The number of hydrogen-bond acceptors (Lipinski definition) is 3. The number of carbonyl (C=O) groups excluding carboxylic acids is 1. The van der Waals surface area contributed by atoms with Crippen molar-refractivity contribution in [2.24, 2.45) is 7.05 Å². The minimum absolute atomic E-state index is 0.0681. The van der Waals surface area contributed by atoms with Gasteiger partial charge in [0.15, 0.2) is 0 Å². The number of aromatic nitrogens is 2. The first-order valence-electron chi connectivity index (χ1n) is 7.20. The molecule has 3 aromatic rings. The fraction of sp³-hybridized carbons (Fsp3) is 0.176. The van der Waals surface area contributed by atoms with E-state index in [0.717, 1.165) is 21.8 Å². The Kier molecular flexibility index (Phi) is 4.79. The third-order valence-electron chi connectivity index (χ3n) is 3.48. The largest absolute Gasteiger partial charge is 0.350 e. The number of nitrogens with one attached hydrogen (secondary N) is 1. The van der Waals surface area contributed by atoms with E-state index >= 15 is 0 Å². The molecule has 1 aromatic carbocycles. The van der Waals surface area contributed by atoms with E-state index in [1.807, 2.05) is 47.4 Å². The van der Waals surface area contributed by atoms with Crippen molar-refractivity contribution in [3.05, 3.63) is 64.1 Å². The maximum Gasteiger partial charge on any atom is 0.224 e. The van der Waals surface area contributed by atoms with Crippen molar-refractivity contribution < 1.29 is 4.79 Å². The summed E-state index contributed by atoms with van der Waals surface area (Å²) in [6.07, 6.45) is 0.268. The van der Waals surface area contributed by atoms with Crippen molar-refractivity contribution in [3.63, 3.8) is 0 Å². The monoisotopic (exact) mass is 345 g/mol. The van der Waals surface area contributed by atoms with E-state index < -0.39 is 0 Å². The highest BCUT2D eigenvalue weighted by Crippen LogP contribution is 2.24. The number of rotatable bonds is 5. The molecule has 0 unspecified atom stereocenters. The lowest BCUT2D eigenvalue weighted by molar-refractivity contribution is -0.120. The Morgan fingerprint density at radius 1 is 1.30 bits per heavy atom. The van der Waals surface area contributed by atoms with Gasteiger partial charge in [-0.25, -0.2) is 0 Å². The Morgan fingerprint density at radius 3 is 2.87 bits per heavy atom. The first-order valence-corrected chi connectivity index (χ1v) is 8.46. The molecule has 3 rings (SSSR count). The molecular formula is C17H16ClN3OS. The van der Waals surface area contributed by atoms with Crippen LogP contribution < -0.4 is 5.32 Å². The van der Waals surface area contributed by atoms with Gasteiger partial charge in [0.2, 0.25) is 5.91 Å². The predicted molar refractivity (Wildman–Crippen MR) is 93.5 cm³/mol. The third kappa shape index (κ3) is 3.81. The lowest BCUT2D eigenvalue weighted by atomic mass is 10.1. The van der Waals surface area contributed by atoms with E-state index in [0.29, 0.717) is 11.6 Å². The van der Waals surface area contributed by atoms with Gasteiger partial charge in [-0.05, 0) is 29.1 Å². The van der Waals surface area contributed by atoms with E-state index in [-0.39, 0.29) is 12.3 Å². The van der Waals surface area contributed by atoms with Gasteiger partial charge in [0.1, 0.15) is 0 Å². The molecule has 2 heterocycles. The highest BCUT2D eigenvalue weighted by Gasteiger charge is 2.10. The van der Waals surface area contributed by atoms with Crippen molar-refractivity contribution in [1.29, 1.82) is 0 Å². The Labute approximate surface area is 143 Å². The quantitative estimate of drug-likeness (QED) is 0.767. The molecule has 1 N–H and O–H groups in total. The second-order valence-corrected chi connectivity index (χ2v) is 6.52. The standard InChI is InChI=1S/C17H16ClN3OS/c1-21-15(16-7-4-8-23-16)10-13(20-21)11-19-17(22)9-12-5-2-3-6-14(12)18/h2-8,10H,9,11H2,1H3,(H,19,22). The van der Waals surface area contributed by atoms with Crippen molar-refractivity contribution in [2.45, 2.75) is 13.0 Å². The summed E-state index contributed by atoms with van der Waals surface area (Å²) in [7, 11) is 1.91. The van der Waals surface area contributed by atoms with E-state index in [4.69, 9.17) is 11.6 Å². The van der Waals surface area contributed by atoms with Crippen LogP contribution in [0.5, 0.6) is 0 Å². The van der Waals surface area contributed by atoms with Crippen molar-refractivity contribution in [1.82, 2.24) is 15.1 Å². The Morgan fingerprint density at radius 2 is 2.13 bits per heavy atom. The molecule has 2 aromatic heterocycles. The summed E-state index contributed by atoms with van der Waals surface area (Å²) in [5, 5.41) is 9.98. The number of amides is 1. The molecule has 1 amide bonds. The van der Waals surface area contributed by atoms with Crippen LogP contribution in [0.3, 0.4) is 0 Å². The van der Waals surface area contributed by atoms with Gasteiger partial charge in [-0.15, -0.1) is 11.3 Å². The molecule has 0 radical (unpaired) electrons. The molecule has 0 spiro atoms. The van der Waals surface area contributed by atoms with Crippen LogP contribution in [-0.2, 0) is 24.8 Å². The van der Waals surface area contributed by atoms with Gasteiger partial charge in [-0.3, -0.25) is 9.48 Å². The van der Waals surface area contributed by atoms with Crippen molar-refractivity contribution in [2.75, 3.05) is 0 Å². The number of hydrogen-bond donors (Lipinski definition) is 1. The predicted octanol–water partition coefficient (Wildman–Crippen LogP) is 3.66. The zero-order chi connectivity index (χ0) is 16.2. The van der Waals surface area contributed by atoms with E-state index in [2.05, 4.69) is 16.5 Å². The molecular weight excluding hydrogens is 330 g/mol. The van der Waals surface area contributed by atoms with E-state index in [1.54, 1.807) is 17.4 Å². The normalized spacial score (nSPS) is 10.7. The van der Waals surface area contributed by atoms with Crippen LogP contribution >= 0.6 is 22.9 Å². The van der Waals surface area contributed by atoms with Crippen LogP contribution in [0.1, 0.15) is 11.3 Å². The number of halogens is 1. The van der Waals surface area contributed by atoms with E-state index in [9.17, 15) is 4.79 Å². The molecule has 0 fully saturated rings. The Hall–Kier alpha value is -2.11. The SMILES string of the molecule is Cn1nc(CNC(=O)Cc2ccccc2Cl)cc1-c1cccs1. The molecule has 118 valence electrons. The molecule has 0 saturated carbocycles. The second-order valence-electron chi connectivity index (χ2n) is 5.17. The molecule has 0 aliphatic carbocycles. The van der Waals surface area contributed by atoms with E-state index in [1.165, 1.54) is 0 Å². The summed E-state index contributed by atoms with van der Waals surface area (Å²) in [6.45, 7) is 0.405. The third-order valence-corrected chi connectivity index (χ3v) is 4.74. The lowest BCUT2D eigenvalue weighted by Gasteiger charge is -2.05. The second kappa shape index (κ2) is 6.98. The summed E-state index contributed by atoms with van der Waals surface area (Å²) in [5.41, 5.74) is 2.71. The van der Waals surface area contributed by atoms with Crippen LogP contribution in [0.25, 0.3) is 10.6 Å². The van der Waals surface area contributed by atoms with Crippen LogP contribution in [0.15, 0.2) is 47.8 Å². The van der Waals surface area contributed by atoms with Crippen molar-refractivity contribution in [3.8, 4) is 10.6 Å². The molecule has 0 bridgehead atoms. The minimum atomic E-state index is -0.0681. The van der Waals surface area contributed by atoms with Gasteiger partial charge in [-0.2, -0.15) is 5.10 Å². The maximum absolute atomic E-state index is 12.1. The minimum Gasteiger partial charge on any atom is -0.350 e. The van der Waals surface area contributed by atoms with Gasteiger partial charge in [0, 0.05) is 12.1 Å². The van der Waals surface area contributed by atoms with Crippen LogP contribution in [-0.4, -0.2) is 15.7 Å². The smallest absolute Gasteiger partial charge is 0.224 e. The highest BCUT2D eigenvalue weighted by atomic mass is 35.5. The average Bonchev–Trinajstić information content (AvgIpc) is 3.17. The number of thiophene rings is 1. The summed E-state index contributed by atoms with van der Waals surface area (Å²) >= 11 is 7.74. The zero-order valence-corrected chi connectivity index (χ0v) is 14.2. The van der Waals surface area contributed by atoms with Crippen LogP contribution in [0.2, 0.25) is 5.02 Å². The zero-order valence-electron chi connectivity index (χ0n) is 12.6. The van der Waals surface area contributed by atoms with Gasteiger partial charge in [-0.1, -0.05) is 35.9 Å². The lowest BCUT2D eigenvalue weighted by Crippen LogP contribution is -2.24. The Bertz CT molecular complexity index is 811. The van der Waals surface area contributed by atoms with Gasteiger partial charge >= 0.3 is 0 Å². The molecule has 6 heteroatoms. The van der Waals surface area contributed by atoms with Crippen LogP contribution in [0, 0.1) is 0 Å². The molecule has 4 nitrogen and oxygen atoms in total.